The number of nitrogens with zero attached hydrogens (tertiary/aromatic N) is 2. The van der Waals surface area contributed by atoms with E-state index in [2.05, 4.69) is 21.2 Å². The number of benzene rings is 2. The Kier molecular flexibility index (Phi) is 5.41. The molecule has 1 fully saturated rings. The largest absolute Gasteiger partial charge is 0.494 e. The second-order valence-electron chi connectivity index (χ2n) is 7.25. The van der Waals surface area contributed by atoms with Gasteiger partial charge in [-0.15, -0.1) is 0 Å². The van der Waals surface area contributed by atoms with Gasteiger partial charge in [-0.25, -0.2) is 4.39 Å². The molecule has 2 heterocycles. The highest BCUT2D eigenvalue weighted by molar-refractivity contribution is 6.31. The molecule has 6 heteroatoms. The van der Waals surface area contributed by atoms with Crippen molar-refractivity contribution in [3.05, 3.63) is 52.8 Å². The molecule has 144 valence electrons. The molecule has 0 bridgehead atoms. The molecule has 1 saturated heterocycles. The lowest BCUT2D eigenvalue weighted by atomic mass is 9.97. The second kappa shape index (κ2) is 7.95. The van der Waals surface area contributed by atoms with Crippen LogP contribution in [-0.4, -0.2) is 50.8 Å². The number of rotatable bonds is 4. The van der Waals surface area contributed by atoms with Gasteiger partial charge in [0.05, 0.1) is 12.8 Å². The third-order valence-electron chi connectivity index (χ3n) is 5.55. The van der Waals surface area contributed by atoms with Crippen LogP contribution >= 0.6 is 11.6 Å². The summed E-state index contributed by atoms with van der Waals surface area (Å²) in [6.07, 6.45) is 2.13. The summed E-state index contributed by atoms with van der Waals surface area (Å²) in [6, 6.07) is 11.3. The molecule has 1 unspecified atom stereocenters. The smallest absolute Gasteiger partial charge is 0.145 e. The van der Waals surface area contributed by atoms with Crippen molar-refractivity contribution in [3.63, 3.8) is 0 Å². The van der Waals surface area contributed by atoms with Crippen LogP contribution in [0.5, 0.6) is 5.75 Å². The fourth-order valence-electron chi connectivity index (χ4n) is 4.09. The van der Waals surface area contributed by atoms with Crippen LogP contribution < -0.4 is 15.0 Å². The van der Waals surface area contributed by atoms with E-state index >= 15 is 0 Å². The average Bonchev–Trinajstić information content (AvgIpc) is 2.69. The predicted octanol–water partition coefficient (Wildman–Crippen LogP) is 4.04. The van der Waals surface area contributed by atoms with Gasteiger partial charge in [-0.2, -0.15) is 0 Å². The van der Waals surface area contributed by atoms with Crippen molar-refractivity contribution in [2.24, 2.45) is 0 Å². The van der Waals surface area contributed by atoms with Crippen molar-refractivity contribution >= 4 is 23.0 Å². The van der Waals surface area contributed by atoms with Crippen LogP contribution in [0, 0.1) is 5.82 Å². The van der Waals surface area contributed by atoms with E-state index in [4.69, 9.17) is 16.3 Å². The molecule has 2 aliphatic heterocycles. The molecule has 1 N–H and O–H groups in total. The first-order valence-corrected chi connectivity index (χ1v) is 9.86. The lowest BCUT2D eigenvalue weighted by Crippen LogP contribution is -2.50. The Hall–Kier alpha value is -1.98. The monoisotopic (exact) mass is 389 g/mol. The molecule has 4 rings (SSSR count). The summed E-state index contributed by atoms with van der Waals surface area (Å²) in [4.78, 5) is 4.78. The van der Waals surface area contributed by atoms with Gasteiger partial charge in [0.15, 0.2) is 0 Å². The second-order valence-corrected chi connectivity index (χ2v) is 7.66. The summed E-state index contributed by atoms with van der Waals surface area (Å²) in [5, 5.41) is 4.51. The molecule has 0 aromatic heterocycles. The van der Waals surface area contributed by atoms with Gasteiger partial charge in [-0.1, -0.05) is 17.7 Å². The quantitative estimate of drug-likeness (QED) is 0.854. The van der Waals surface area contributed by atoms with Gasteiger partial charge in [-0.3, -0.25) is 4.90 Å². The Balaban J connectivity index is 1.34. The summed E-state index contributed by atoms with van der Waals surface area (Å²) in [6.45, 7) is 4.83. The standard InChI is InChI=1S/C21H25ClFN3O/c1-27-21-13-15(23)5-8-20(21)26-11-9-25(10-12-26)14-16-6-7-17-18(22)3-2-4-19(17)24-16/h2-5,8,13,16,24H,6-7,9-12,14H2,1H3. The number of nitrogens with one attached hydrogen (secondary N) is 1. The lowest BCUT2D eigenvalue weighted by Gasteiger charge is -2.39. The Morgan fingerprint density at radius 1 is 1.19 bits per heavy atom. The Morgan fingerprint density at radius 2 is 2.00 bits per heavy atom. The Labute approximate surface area is 164 Å². The molecule has 0 radical (unpaired) electrons. The molecule has 27 heavy (non-hydrogen) atoms. The van der Waals surface area contributed by atoms with E-state index in [0.29, 0.717) is 11.8 Å². The van der Waals surface area contributed by atoms with E-state index in [9.17, 15) is 4.39 Å². The third kappa shape index (κ3) is 3.99. The van der Waals surface area contributed by atoms with Crippen molar-refractivity contribution in [1.29, 1.82) is 0 Å². The molecule has 4 nitrogen and oxygen atoms in total. The van der Waals surface area contributed by atoms with Gasteiger partial charge in [0, 0.05) is 55.5 Å². The minimum Gasteiger partial charge on any atom is -0.494 e. The maximum absolute atomic E-state index is 13.4. The number of ether oxygens (including phenoxy) is 1. The molecule has 2 aromatic rings. The third-order valence-corrected chi connectivity index (χ3v) is 5.91. The topological polar surface area (TPSA) is 27.7 Å². The molecule has 2 aromatic carbocycles. The van der Waals surface area contributed by atoms with E-state index in [1.165, 1.54) is 23.4 Å². The Bertz CT molecular complexity index is 808. The van der Waals surface area contributed by atoms with Gasteiger partial charge >= 0.3 is 0 Å². The first-order valence-electron chi connectivity index (χ1n) is 9.49. The maximum atomic E-state index is 13.4. The highest BCUT2D eigenvalue weighted by Crippen LogP contribution is 2.32. The number of piperazine rings is 1. The molecule has 0 aliphatic carbocycles. The number of fused-ring (bicyclic) bond motifs is 1. The van der Waals surface area contributed by atoms with Crippen molar-refractivity contribution in [2.75, 3.05) is 50.1 Å². The van der Waals surface area contributed by atoms with Crippen molar-refractivity contribution in [1.82, 2.24) is 4.90 Å². The summed E-state index contributed by atoms with van der Waals surface area (Å²) in [5.41, 5.74) is 3.38. The van der Waals surface area contributed by atoms with Crippen LogP contribution in [0.4, 0.5) is 15.8 Å². The average molecular weight is 390 g/mol. The number of hydrogen-bond acceptors (Lipinski definition) is 4. The van der Waals surface area contributed by atoms with Gasteiger partial charge in [0.2, 0.25) is 0 Å². The van der Waals surface area contributed by atoms with Gasteiger partial charge in [0.1, 0.15) is 11.6 Å². The molecule has 0 saturated carbocycles. The summed E-state index contributed by atoms with van der Waals surface area (Å²) >= 11 is 6.30. The van der Waals surface area contributed by atoms with Gasteiger partial charge in [0.25, 0.3) is 0 Å². The van der Waals surface area contributed by atoms with Crippen molar-refractivity contribution in [3.8, 4) is 5.75 Å². The first-order chi connectivity index (χ1) is 13.1. The fraction of sp³-hybridized carbons (Fsp3) is 0.429. The normalized spacial score (nSPS) is 20.1. The number of methoxy groups -OCH3 is 1. The predicted molar refractivity (Wildman–Crippen MR) is 109 cm³/mol. The van der Waals surface area contributed by atoms with E-state index in [0.717, 1.165) is 56.3 Å². The van der Waals surface area contributed by atoms with Gasteiger partial charge < -0.3 is 15.0 Å². The van der Waals surface area contributed by atoms with E-state index < -0.39 is 0 Å². The molecular formula is C21H25ClFN3O. The van der Waals surface area contributed by atoms with Crippen LogP contribution in [-0.2, 0) is 6.42 Å². The molecule has 1 atom stereocenters. The maximum Gasteiger partial charge on any atom is 0.145 e. The summed E-state index contributed by atoms with van der Waals surface area (Å²) in [5.74, 6) is 0.337. The highest BCUT2D eigenvalue weighted by atomic mass is 35.5. The van der Waals surface area contributed by atoms with Crippen LogP contribution in [0.3, 0.4) is 0 Å². The number of hydrogen-bond donors (Lipinski definition) is 1. The SMILES string of the molecule is COc1cc(F)ccc1N1CCN(CC2CCc3c(Cl)cccc3N2)CC1. The number of halogens is 2. The first kappa shape index (κ1) is 18.4. The summed E-state index contributed by atoms with van der Waals surface area (Å²) in [7, 11) is 1.59. The van der Waals surface area contributed by atoms with Crippen LogP contribution in [0.15, 0.2) is 36.4 Å². The molecule has 0 amide bonds. The van der Waals surface area contributed by atoms with E-state index in [-0.39, 0.29) is 5.82 Å². The zero-order valence-corrected chi connectivity index (χ0v) is 16.3. The van der Waals surface area contributed by atoms with E-state index in [1.54, 1.807) is 7.11 Å². The Morgan fingerprint density at radius 3 is 2.78 bits per heavy atom. The molecular weight excluding hydrogens is 365 g/mol. The minimum absolute atomic E-state index is 0.266. The summed E-state index contributed by atoms with van der Waals surface area (Å²) < 4.78 is 18.8. The van der Waals surface area contributed by atoms with E-state index in [1.807, 2.05) is 18.2 Å². The molecule has 2 aliphatic rings. The van der Waals surface area contributed by atoms with Crippen LogP contribution in [0.2, 0.25) is 5.02 Å². The van der Waals surface area contributed by atoms with Gasteiger partial charge in [-0.05, 0) is 42.7 Å². The van der Waals surface area contributed by atoms with Crippen LogP contribution in [0.25, 0.3) is 0 Å². The fourth-order valence-corrected chi connectivity index (χ4v) is 4.36. The van der Waals surface area contributed by atoms with Crippen LogP contribution in [0.1, 0.15) is 12.0 Å². The zero-order valence-electron chi connectivity index (χ0n) is 15.5. The van der Waals surface area contributed by atoms with Crippen molar-refractivity contribution in [2.45, 2.75) is 18.9 Å². The molecule has 0 spiro atoms. The lowest BCUT2D eigenvalue weighted by molar-refractivity contribution is 0.242. The van der Waals surface area contributed by atoms with Crippen molar-refractivity contribution < 1.29 is 9.13 Å². The zero-order chi connectivity index (χ0) is 18.8. The number of anilines is 2. The highest BCUT2D eigenvalue weighted by Gasteiger charge is 2.25. The minimum atomic E-state index is -0.266.